The van der Waals surface area contributed by atoms with Crippen LogP contribution in [0.1, 0.15) is 26.5 Å². The van der Waals surface area contributed by atoms with Crippen LogP contribution in [-0.2, 0) is 5.41 Å². The molecule has 7 heteroatoms. The molecule has 2 N–H and O–H groups in total. The lowest BCUT2D eigenvalue weighted by Crippen LogP contribution is -2.31. The third-order valence-electron chi connectivity index (χ3n) is 1.85. The van der Waals surface area contributed by atoms with Crippen molar-refractivity contribution in [1.82, 2.24) is 9.97 Å². The van der Waals surface area contributed by atoms with Crippen LogP contribution in [0.5, 0.6) is 0 Å². The zero-order chi connectivity index (χ0) is 11.8. The Hall–Kier alpha value is -1.92. The normalized spacial score (nSPS) is 11.4. The van der Waals surface area contributed by atoms with E-state index in [1.54, 1.807) is 20.8 Å². The van der Waals surface area contributed by atoms with Gasteiger partial charge in [-0.3, -0.25) is 19.9 Å². The molecule has 0 unspecified atom stereocenters. The van der Waals surface area contributed by atoms with E-state index in [1.807, 2.05) is 4.98 Å². The van der Waals surface area contributed by atoms with E-state index < -0.39 is 27.3 Å². The van der Waals surface area contributed by atoms with Crippen LogP contribution in [-0.4, -0.2) is 14.9 Å². The SMILES string of the molecule is CC(C)(C)c1[nH]c(=O)[nH]c(=O)c1[N+](=O)[O-]. The van der Waals surface area contributed by atoms with E-state index in [-0.39, 0.29) is 5.69 Å². The minimum Gasteiger partial charge on any atom is -0.304 e. The van der Waals surface area contributed by atoms with Gasteiger partial charge in [-0.25, -0.2) is 4.79 Å². The van der Waals surface area contributed by atoms with Crippen LogP contribution in [0, 0.1) is 10.1 Å². The summed E-state index contributed by atoms with van der Waals surface area (Å²) in [5.41, 5.74) is -2.97. The van der Waals surface area contributed by atoms with Crippen molar-refractivity contribution in [2.45, 2.75) is 26.2 Å². The Morgan fingerprint density at radius 3 is 2.13 bits per heavy atom. The maximum Gasteiger partial charge on any atom is 0.353 e. The van der Waals surface area contributed by atoms with Crippen LogP contribution in [0.3, 0.4) is 0 Å². The van der Waals surface area contributed by atoms with Crippen molar-refractivity contribution >= 4 is 5.69 Å². The number of nitrogens with zero attached hydrogens (tertiary/aromatic N) is 1. The van der Waals surface area contributed by atoms with Gasteiger partial charge in [0, 0.05) is 5.41 Å². The van der Waals surface area contributed by atoms with Crippen LogP contribution in [0.25, 0.3) is 0 Å². The van der Waals surface area contributed by atoms with Crippen molar-refractivity contribution in [3.8, 4) is 0 Å². The summed E-state index contributed by atoms with van der Waals surface area (Å²) in [5, 5.41) is 10.7. The number of hydrogen-bond donors (Lipinski definition) is 2. The van der Waals surface area contributed by atoms with E-state index in [2.05, 4.69) is 4.98 Å². The number of nitrogens with one attached hydrogen (secondary N) is 2. The number of rotatable bonds is 1. The fraction of sp³-hybridized carbons (Fsp3) is 0.500. The third-order valence-corrected chi connectivity index (χ3v) is 1.85. The Balaban J connectivity index is 3.70. The van der Waals surface area contributed by atoms with E-state index in [0.717, 1.165) is 0 Å². The second kappa shape index (κ2) is 3.34. The molecule has 7 nitrogen and oxygen atoms in total. The van der Waals surface area contributed by atoms with E-state index in [9.17, 15) is 19.7 Å². The molecule has 0 aliphatic heterocycles. The van der Waals surface area contributed by atoms with Gasteiger partial charge in [0.25, 0.3) is 0 Å². The van der Waals surface area contributed by atoms with Crippen LogP contribution < -0.4 is 11.2 Å². The smallest absolute Gasteiger partial charge is 0.304 e. The minimum atomic E-state index is -0.978. The Kier molecular flexibility index (Phi) is 2.48. The molecule has 1 heterocycles. The molecule has 0 aromatic carbocycles. The summed E-state index contributed by atoms with van der Waals surface area (Å²) < 4.78 is 0. The maximum atomic E-state index is 11.2. The average molecular weight is 213 g/mol. The standard InChI is InChI=1S/C8H11N3O4/c1-8(2,3)5-4(11(14)15)6(12)10-7(13)9-5/h1-3H3,(H2,9,10,12,13). The molecule has 0 aliphatic carbocycles. The number of aromatic amines is 2. The van der Waals surface area contributed by atoms with Crippen LogP contribution in [0.15, 0.2) is 9.59 Å². The van der Waals surface area contributed by atoms with Crippen molar-refractivity contribution in [2.75, 3.05) is 0 Å². The molecular formula is C8H11N3O4. The molecule has 0 fully saturated rings. The quantitative estimate of drug-likeness (QED) is 0.515. The molecule has 0 spiro atoms. The zero-order valence-electron chi connectivity index (χ0n) is 8.58. The van der Waals surface area contributed by atoms with Gasteiger partial charge < -0.3 is 4.98 Å². The second-order valence-corrected chi connectivity index (χ2v) is 4.14. The Labute approximate surface area is 84.3 Å². The van der Waals surface area contributed by atoms with Gasteiger partial charge in [0.2, 0.25) is 0 Å². The highest BCUT2D eigenvalue weighted by molar-refractivity contribution is 5.36. The van der Waals surface area contributed by atoms with Crippen LogP contribution >= 0.6 is 0 Å². The van der Waals surface area contributed by atoms with Gasteiger partial charge >= 0.3 is 16.9 Å². The highest BCUT2D eigenvalue weighted by Crippen LogP contribution is 2.24. The predicted molar refractivity (Wildman–Crippen MR) is 53.0 cm³/mol. The Morgan fingerprint density at radius 2 is 1.73 bits per heavy atom. The predicted octanol–water partition coefficient (Wildman–Crippen LogP) is 0.269. The first-order valence-electron chi connectivity index (χ1n) is 4.25. The Morgan fingerprint density at radius 1 is 1.20 bits per heavy atom. The molecule has 0 aliphatic rings. The molecular weight excluding hydrogens is 202 g/mol. The zero-order valence-corrected chi connectivity index (χ0v) is 8.58. The van der Waals surface area contributed by atoms with E-state index in [1.165, 1.54) is 0 Å². The first kappa shape index (κ1) is 11.2. The molecule has 0 saturated carbocycles. The molecule has 0 radical (unpaired) electrons. The van der Waals surface area contributed by atoms with Gasteiger partial charge in [-0.15, -0.1) is 0 Å². The lowest BCUT2D eigenvalue weighted by molar-refractivity contribution is -0.387. The Bertz CT molecular complexity index is 506. The van der Waals surface area contributed by atoms with Gasteiger partial charge in [-0.05, 0) is 0 Å². The third kappa shape index (κ3) is 2.12. The number of hydrogen-bond acceptors (Lipinski definition) is 4. The lowest BCUT2D eigenvalue weighted by Gasteiger charge is -2.16. The number of aromatic nitrogens is 2. The molecule has 15 heavy (non-hydrogen) atoms. The fourth-order valence-electron chi connectivity index (χ4n) is 1.20. The first-order valence-corrected chi connectivity index (χ1v) is 4.25. The highest BCUT2D eigenvalue weighted by Gasteiger charge is 2.29. The monoisotopic (exact) mass is 213 g/mol. The van der Waals surface area contributed by atoms with Crippen LogP contribution in [0.2, 0.25) is 0 Å². The van der Waals surface area contributed by atoms with Gasteiger partial charge in [0.1, 0.15) is 5.69 Å². The summed E-state index contributed by atoms with van der Waals surface area (Å²) in [7, 11) is 0. The first-order chi connectivity index (χ1) is 6.73. The minimum absolute atomic E-state index is 0.0289. The molecule has 1 aromatic rings. The number of H-pyrrole nitrogens is 2. The van der Waals surface area contributed by atoms with E-state index in [0.29, 0.717) is 0 Å². The maximum absolute atomic E-state index is 11.2. The summed E-state index contributed by atoms with van der Waals surface area (Å²) in [6, 6.07) is 0. The summed E-state index contributed by atoms with van der Waals surface area (Å²) in [6.07, 6.45) is 0. The topological polar surface area (TPSA) is 109 Å². The van der Waals surface area contributed by atoms with Crippen molar-refractivity contribution in [2.24, 2.45) is 0 Å². The summed E-state index contributed by atoms with van der Waals surface area (Å²) >= 11 is 0. The average Bonchev–Trinajstić information content (AvgIpc) is 1.99. The largest absolute Gasteiger partial charge is 0.353 e. The molecule has 0 atom stereocenters. The summed E-state index contributed by atoms with van der Waals surface area (Å²) in [4.78, 5) is 36.2. The van der Waals surface area contributed by atoms with E-state index in [4.69, 9.17) is 0 Å². The van der Waals surface area contributed by atoms with Crippen molar-refractivity contribution in [1.29, 1.82) is 0 Å². The van der Waals surface area contributed by atoms with Crippen molar-refractivity contribution in [3.63, 3.8) is 0 Å². The second-order valence-electron chi connectivity index (χ2n) is 4.14. The molecule has 0 amide bonds. The summed E-state index contributed by atoms with van der Waals surface area (Å²) in [5.74, 6) is 0. The lowest BCUT2D eigenvalue weighted by atomic mass is 9.91. The van der Waals surface area contributed by atoms with Gasteiger partial charge in [0.15, 0.2) is 0 Å². The molecule has 82 valence electrons. The molecule has 0 bridgehead atoms. The van der Waals surface area contributed by atoms with Crippen molar-refractivity contribution < 1.29 is 4.92 Å². The van der Waals surface area contributed by atoms with Crippen LogP contribution in [0.4, 0.5) is 5.69 Å². The van der Waals surface area contributed by atoms with Gasteiger partial charge in [-0.2, -0.15) is 0 Å². The van der Waals surface area contributed by atoms with Gasteiger partial charge in [-0.1, -0.05) is 20.8 Å². The molecule has 1 rings (SSSR count). The molecule has 0 saturated heterocycles. The summed E-state index contributed by atoms with van der Waals surface area (Å²) in [6.45, 7) is 5.01. The molecule has 1 aromatic heterocycles. The van der Waals surface area contributed by atoms with Gasteiger partial charge in [0.05, 0.1) is 4.92 Å². The van der Waals surface area contributed by atoms with Crippen molar-refractivity contribution in [3.05, 3.63) is 36.6 Å². The van der Waals surface area contributed by atoms with E-state index >= 15 is 0 Å². The fourth-order valence-corrected chi connectivity index (χ4v) is 1.20. The number of nitro groups is 1. The highest BCUT2D eigenvalue weighted by atomic mass is 16.6.